The van der Waals surface area contributed by atoms with Crippen LogP contribution >= 0.6 is 0 Å². The Hall–Kier alpha value is -7.82. The number of aromatic hydroxyl groups is 1. The summed E-state index contributed by atoms with van der Waals surface area (Å²) in [4.78, 5) is 10.7. The first kappa shape index (κ1) is 43.5. The Kier molecular flexibility index (Phi) is 12.0. The predicted molar refractivity (Wildman–Crippen MR) is 295 cm³/mol. The highest BCUT2D eigenvalue weighted by Gasteiger charge is 2.27. The largest absolute Gasteiger partial charge is 0.507 e. The number of fused-ring (bicyclic) bond motifs is 1. The molecule has 0 unspecified atom stereocenters. The molecule has 10 aromatic rings. The Morgan fingerprint density at radius 2 is 1.04 bits per heavy atom. The molecule has 8 aromatic carbocycles. The van der Waals surface area contributed by atoms with E-state index >= 15 is 0 Å². The van der Waals surface area contributed by atoms with Gasteiger partial charge >= 0.3 is 0 Å². The fourth-order valence-corrected chi connectivity index (χ4v) is 9.77. The second-order valence-corrected chi connectivity index (χ2v) is 19.6. The highest BCUT2D eigenvalue weighted by molar-refractivity contribution is 5.99. The van der Waals surface area contributed by atoms with Gasteiger partial charge in [0.2, 0.25) is 0 Å². The molecule has 0 aliphatic carbocycles. The summed E-state index contributed by atoms with van der Waals surface area (Å²) < 4.78 is 20.3. The summed E-state index contributed by atoms with van der Waals surface area (Å²) >= 11 is 0. The minimum Gasteiger partial charge on any atom is -0.507 e. The Balaban J connectivity index is 1.28. The molecular formula is C66H61N3O. The molecule has 0 amide bonds. The number of pyridine rings is 1. The van der Waals surface area contributed by atoms with E-state index in [-0.39, 0.29) is 17.6 Å². The monoisotopic (exact) mass is 913 g/mol. The van der Waals surface area contributed by atoms with Crippen molar-refractivity contribution in [1.29, 1.82) is 0 Å². The molecule has 346 valence electrons. The van der Waals surface area contributed by atoms with E-state index in [4.69, 9.17) is 11.3 Å². The summed E-state index contributed by atoms with van der Waals surface area (Å²) in [5.74, 6) is -0.527. The van der Waals surface area contributed by atoms with Crippen LogP contribution in [0, 0.1) is 0 Å². The smallest absolute Gasteiger partial charge is 0.149 e. The fraction of sp³-hybridized carbons (Fsp3) is 0.182. The van der Waals surface area contributed by atoms with Gasteiger partial charge in [0.1, 0.15) is 11.6 Å². The van der Waals surface area contributed by atoms with E-state index in [1.54, 1.807) is 0 Å². The molecule has 0 aliphatic heterocycles. The van der Waals surface area contributed by atoms with Crippen molar-refractivity contribution in [3.05, 3.63) is 217 Å². The third kappa shape index (κ3) is 8.87. The number of rotatable bonds is 12. The van der Waals surface area contributed by atoms with Crippen LogP contribution in [0.4, 0.5) is 0 Å². The quantitative estimate of drug-likeness (QED) is 0.133. The number of phenolic OH excluding ortho intramolecular Hbond substituents is 1. The van der Waals surface area contributed by atoms with Crippen molar-refractivity contribution in [1.82, 2.24) is 14.5 Å². The van der Waals surface area contributed by atoms with Gasteiger partial charge in [-0.2, -0.15) is 0 Å². The number of aromatic nitrogens is 3. The molecule has 0 atom stereocenters. The minimum atomic E-state index is -0.934. The van der Waals surface area contributed by atoms with Gasteiger partial charge < -0.3 is 5.11 Å². The third-order valence-electron chi connectivity index (χ3n) is 13.7. The van der Waals surface area contributed by atoms with Gasteiger partial charge in [0.15, 0.2) is 0 Å². The van der Waals surface area contributed by atoms with Gasteiger partial charge in [-0.1, -0.05) is 189 Å². The van der Waals surface area contributed by atoms with Crippen molar-refractivity contribution < 1.29 is 7.85 Å². The zero-order chi connectivity index (χ0) is 50.5. The van der Waals surface area contributed by atoms with Crippen LogP contribution in [0.2, 0.25) is 0 Å². The highest BCUT2D eigenvalue weighted by atomic mass is 16.3. The normalized spacial score (nSPS) is 12.4. The topological polar surface area (TPSA) is 50.9 Å². The molecule has 4 nitrogen and oxygen atoms in total. The van der Waals surface area contributed by atoms with Crippen LogP contribution in [0.1, 0.15) is 104 Å². The molecule has 0 radical (unpaired) electrons. The summed E-state index contributed by atoms with van der Waals surface area (Å²) in [6, 6.07) is 65.5. The maximum atomic E-state index is 12.6. The molecule has 0 saturated heterocycles. The molecule has 10 rings (SSSR count). The van der Waals surface area contributed by atoms with Crippen LogP contribution in [0.3, 0.4) is 0 Å². The molecule has 4 heteroatoms. The summed E-state index contributed by atoms with van der Waals surface area (Å²) in [6.07, 6.45) is 1.88. The van der Waals surface area contributed by atoms with Gasteiger partial charge in [-0.3, -0.25) is 9.55 Å². The average Bonchev–Trinajstić information content (AvgIpc) is 3.78. The molecule has 0 fully saturated rings. The maximum Gasteiger partial charge on any atom is 0.149 e. The van der Waals surface area contributed by atoms with Gasteiger partial charge in [0.25, 0.3) is 0 Å². The lowest BCUT2D eigenvalue weighted by Gasteiger charge is -2.22. The van der Waals surface area contributed by atoms with Gasteiger partial charge in [0.05, 0.1) is 28.0 Å². The second kappa shape index (κ2) is 19.3. The first-order valence-corrected chi connectivity index (χ1v) is 24.5. The molecule has 0 aliphatic rings. The molecule has 2 heterocycles. The number of hydrogen-bond acceptors (Lipinski definition) is 3. The highest BCUT2D eigenvalue weighted by Crippen LogP contribution is 2.46. The number of nitrogens with zero attached hydrogens (tertiary/aromatic N) is 3. The Morgan fingerprint density at radius 3 is 1.67 bits per heavy atom. The van der Waals surface area contributed by atoms with Gasteiger partial charge in [-0.25, -0.2) is 4.98 Å². The number of hydrogen-bond donors (Lipinski definition) is 1. The third-order valence-corrected chi connectivity index (χ3v) is 13.7. The van der Waals surface area contributed by atoms with E-state index in [1.807, 2.05) is 70.3 Å². The van der Waals surface area contributed by atoms with Crippen molar-refractivity contribution in [3.63, 3.8) is 0 Å². The number of benzene rings is 8. The summed E-state index contributed by atoms with van der Waals surface area (Å²) in [6.45, 7) is 16.4. The van der Waals surface area contributed by atoms with E-state index in [0.717, 1.165) is 106 Å². The average molecular weight is 914 g/mol. The lowest BCUT2D eigenvalue weighted by molar-refractivity contribution is 0.466. The molecular weight excluding hydrogens is 851 g/mol. The van der Waals surface area contributed by atoms with E-state index < -0.39 is 11.8 Å². The van der Waals surface area contributed by atoms with Crippen LogP contribution in [0.5, 0.6) is 5.75 Å². The predicted octanol–water partition coefficient (Wildman–Crippen LogP) is 18.3. The summed E-state index contributed by atoms with van der Waals surface area (Å²) in [5.41, 5.74) is 19.0. The molecule has 2 aromatic heterocycles. The van der Waals surface area contributed by atoms with Crippen molar-refractivity contribution >= 4 is 11.0 Å². The van der Waals surface area contributed by atoms with Crippen LogP contribution in [-0.2, 0) is 0 Å². The lowest BCUT2D eigenvalue weighted by atomic mass is 9.88. The number of imidazole rings is 1. The first-order valence-electron chi connectivity index (χ1n) is 25.5. The molecule has 0 spiro atoms. The van der Waals surface area contributed by atoms with E-state index in [1.165, 1.54) is 0 Å². The SMILES string of the molecule is [2H]C(C)(C)c1ccc(-c2ccnc(-c3cc(-c4ccccc4)cc(-c4cccc5c4nc(-c4cc(C(C)C)cc(C(C)C)c4O)n5-c4cc(-c5ccccc5)c(C([2H])(C)C)cc4-c4ccccc4)c3)c2)cc1. The van der Waals surface area contributed by atoms with Crippen molar-refractivity contribution in [2.75, 3.05) is 0 Å². The first-order chi connectivity index (χ1) is 34.5. The summed E-state index contributed by atoms with van der Waals surface area (Å²) in [5, 5.41) is 12.6. The lowest BCUT2D eigenvalue weighted by Crippen LogP contribution is -2.05. The second-order valence-electron chi connectivity index (χ2n) is 19.6. The minimum absolute atomic E-state index is 0.0555. The maximum absolute atomic E-state index is 12.6. The zero-order valence-corrected chi connectivity index (χ0v) is 41.4. The van der Waals surface area contributed by atoms with Crippen molar-refractivity contribution in [2.24, 2.45) is 0 Å². The number of para-hydroxylation sites is 1. The zero-order valence-electron chi connectivity index (χ0n) is 43.4. The van der Waals surface area contributed by atoms with Gasteiger partial charge in [-0.05, 0) is 145 Å². The Morgan fingerprint density at radius 1 is 0.429 bits per heavy atom. The summed E-state index contributed by atoms with van der Waals surface area (Å²) in [7, 11) is 0. The van der Waals surface area contributed by atoms with E-state index in [0.29, 0.717) is 11.4 Å². The standard InChI is InChI=1S/C66H61N3O/c1-41(2)45-27-29-47(30-28-45)50-31-32-67-61(38-50)54-34-52(46-19-12-9-13-20-46)33-53(35-54)55-25-18-26-62-64(55)68-66(60-37-51(42(3)4)36-57(44(7)8)65(60)70)69(62)63-40-58(48-21-14-10-15-22-48)56(43(5)6)39-59(63)49-23-16-11-17-24-49/h9-44,70H,1-8H3/i41D,43D. The molecule has 1 N–H and O–H groups in total. The Labute approximate surface area is 416 Å². The van der Waals surface area contributed by atoms with Crippen LogP contribution in [0.15, 0.2) is 194 Å². The van der Waals surface area contributed by atoms with Crippen molar-refractivity contribution in [3.8, 4) is 89.7 Å². The van der Waals surface area contributed by atoms with Gasteiger partial charge in [-0.15, -0.1) is 0 Å². The number of phenols is 1. The van der Waals surface area contributed by atoms with Crippen LogP contribution in [-0.4, -0.2) is 19.6 Å². The van der Waals surface area contributed by atoms with Crippen molar-refractivity contribution in [2.45, 2.75) is 79.0 Å². The fourth-order valence-electron chi connectivity index (χ4n) is 9.77. The van der Waals surface area contributed by atoms with Crippen LogP contribution in [0.25, 0.3) is 95.0 Å². The molecule has 70 heavy (non-hydrogen) atoms. The molecule has 0 saturated carbocycles. The van der Waals surface area contributed by atoms with Crippen LogP contribution < -0.4 is 0 Å². The van der Waals surface area contributed by atoms with E-state index in [2.05, 4.69) is 184 Å². The molecule has 0 bridgehead atoms. The Bertz CT molecular complexity index is 3580. The van der Waals surface area contributed by atoms with Gasteiger partial charge in [0, 0.05) is 25.6 Å². The van der Waals surface area contributed by atoms with E-state index in [9.17, 15) is 6.48 Å².